The third-order valence-electron chi connectivity index (χ3n) is 2.45. The maximum Gasteiger partial charge on any atom is 0.220 e. The molecule has 1 atom stereocenters. The van der Waals surface area contributed by atoms with Gasteiger partial charge in [-0.3, -0.25) is 4.79 Å². The Balaban J connectivity index is 2.06. The van der Waals surface area contributed by atoms with Gasteiger partial charge in [-0.05, 0) is 18.9 Å². The topological polar surface area (TPSA) is 68.0 Å². The number of nitrogens with two attached hydrogens (primary N) is 1. The number of nitrogens with zero attached hydrogens (tertiary/aromatic N) is 1. The summed E-state index contributed by atoms with van der Waals surface area (Å²) in [6, 6.07) is 0. The zero-order chi connectivity index (χ0) is 11.8. The van der Waals surface area contributed by atoms with E-state index in [1.54, 1.807) is 16.8 Å². The van der Waals surface area contributed by atoms with Crippen molar-refractivity contribution in [3.63, 3.8) is 0 Å². The summed E-state index contributed by atoms with van der Waals surface area (Å²) in [6.45, 7) is 3.37. The number of amides is 1. The van der Waals surface area contributed by atoms with Crippen molar-refractivity contribution in [2.24, 2.45) is 11.7 Å². The molecule has 16 heavy (non-hydrogen) atoms. The van der Waals surface area contributed by atoms with Crippen molar-refractivity contribution in [1.29, 1.82) is 0 Å². The number of hydrogen-bond acceptors (Lipinski definition) is 4. The number of rotatable bonds is 7. The fourth-order valence-electron chi connectivity index (χ4n) is 1.27. The third-order valence-corrected chi connectivity index (χ3v) is 3.09. The lowest BCUT2D eigenvalue weighted by molar-refractivity contribution is -0.121. The van der Waals surface area contributed by atoms with E-state index in [-0.39, 0.29) is 5.91 Å². The molecule has 0 fully saturated rings. The quantitative estimate of drug-likeness (QED) is 0.753. The van der Waals surface area contributed by atoms with Crippen LogP contribution in [0.5, 0.6) is 0 Å². The van der Waals surface area contributed by atoms with Crippen LogP contribution in [-0.2, 0) is 11.2 Å². The van der Waals surface area contributed by atoms with Crippen LogP contribution in [0.25, 0.3) is 0 Å². The number of hydrogen-bond donors (Lipinski definition) is 2. The summed E-state index contributed by atoms with van der Waals surface area (Å²) < 4.78 is 0. The number of aromatic nitrogens is 1. The van der Waals surface area contributed by atoms with E-state index >= 15 is 0 Å². The Morgan fingerprint density at radius 3 is 3.12 bits per heavy atom. The second-order valence-corrected chi connectivity index (χ2v) is 4.68. The van der Waals surface area contributed by atoms with Crippen LogP contribution in [0.2, 0.25) is 0 Å². The van der Waals surface area contributed by atoms with Gasteiger partial charge in [-0.1, -0.05) is 6.92 Å². The highest BCUT2D eigenvalue weighted by Gasteiger charge is 2.05. The molecule has 5 heteroatoms. The molecule has 1 amide bonds. The summed E-state index contributed by atoms with van der Waals surface area (Å²) in [5.74, 6) is 0.528. The Hall–Kier alpha value is -0.940. The van der Waals surface area contributed by atoms with Gasteiger partial charge in [0.1, 0.15) is 0 Å². The highest BCUT2D eigenvalue weighted by atomic mass is 32.1. The average molecular weight is 241 g/mol. The van der Waals surface area contributed by atoms with Crippen LogP contribution in [0, 0.1) is 5.92 Å². The van der Waals surface area contributed by atoms with E-state index in [4.69, 9.17) is 5.73 Å². The number of carbonyl (C=O) groups excluding carboxylic acids is 1. The van der Waals surface area contributed by atoms with Gasteiger partial charge in [-0.25, -0.2) is 4.98 Å². The number of carbonyl (C=O) groups is 1. The molecule has 0 aliphatic heterocycles. The molecule has 0 spiro atoms. The van der Waals surface area contributed by atoms with E-state index in [2.05, 4.69) is 17.2 Å². The second-order valence-electron chi connectivity index (χ2n) is 3.96. The molecule has 0 saturated carbocycles. The highest BCUT2D eigenvalue weighted by Crippen LogP contribution is 2.03. The van der Waals surface area contributed by atoms with Crippen LogP contribution >= 0.6 is 11.3 Å². The standard InChI is InChI=1S/C11H19N3OS/c1-9(6-12)2-3-11(15)13-5-4-10-7-16-8-14-10/h7-9H,2-6,12H2,1H3,(H,13,15). The first-order valence-corrected chi connectivity index (χ1v) is 6.50. The summed E-state index contributed by atoms with van der Waals surface area (Å²) in [7, 11) is 0. The summed E-state index contributed by atoms with van der Waals surface area (Å²) in [6.07, 6.45) is 2.23. The fraction of sp³-hybridized carbons (Fsp3) is 0.636. The lowest BCUT2D eigenvalue weighted by Crippen LogP contribution is -2.26. The van der Waals surface area contributed by atoms with Crippen LogP contribution in [0.15, 0.2) is 10.9 Å². The summed E-state index contributed by atoms with van der Waals surface area (Å²) in [4.78, 5) is 15.6. The molecule has 0 aliphatic carbocycles. The molecule has 4 nitrogen and oxygen atoms in total. The Labute approximate surface area is 100 Å². The van der Waals surface area contributed by atoms with E-state index in [9.17, 15) is 4.79 Å². The molecule has 0 radical (unpaired) electrons. The molecular formula is C11H19N3OS. The van der Waals surface area contributed by atoms with Crippen molar-refractivity contribution in [3.8, 4) is 0 Å². The molecule has 0 saturated heterocycles. The van der Waals surface area contributed by atoms with E-state index in [1.807, 2.05) is 5.38 Å². The predicted octanol–water partition coefficient (Wildman–Crippen LogP) is 1.18. The molecule has 1 aromatic heterocycles. The van der Waals surface area contributed by atoms with Crippen molar-refractivity contribution in [2.75, 3.05) is 13.1 Å². The van der Waals surface area contributed by atoms with Crippen molar-refractivity contribution in [3.05, 3.63) is 16.6 Å². The van der Waals surface area contributed by atoms with Gasteiger partial charge in [0.05, 0.1) is 11.2 Å². The molecule has 1 unspecified atom stereocenters. The molecule has 1 aromatic rings. The van der Waals surface area contributed by atoms with Gasteiger partial charge in [0, 0.05) is 24.8 Å². The van der Waals surface area contributed by atoms with Crippen molar-refractivity contribution >= 4 is 17.2 Å². The smallest absolute Gasteiger partial charge is 0.220 e. The molecular weight excluding hydrogens is 222 g/mol. The Morgan fingerprint density at radius 2 is 2.50 bits per heavy atom. The first kappa shape index (κ1) is 13.1. The van der Waals surface area contributed by atoms with Crippen molar-refractivity contribution in [1.82, 2.24) is 10.3 Å². The van der Waals surface area contributed by atoms with E-state index in [1.165, 1.54) is 0 Å². The maximum atomic E-state index is 11.4. The highest BCUT2D eigenvalue weighted by molar-refractivity contribution is 7.07. The van der Waals surface area contributed by atoms with Crippen LogP contribution in [-0.4, -0.2) is 24.0 Å². The average Bonchev–Trinajstić information content (AvgIpc) is 2.79. The van der Waals surface area contributed by atoms with Gasteiger partial charge in [0.25, 0.3) is 0 Å². The van der Waals surface area contributed by atoms with E-state index in [0.717, 1.165) is 18.5 Å². The van der Waals surface area contributed by atoms with Crippen LogP contribution < -0.4 is 11.1 Å². The van der Waals surface area contributed by atoms with Crippen LogP contribution in [0.4, 0.5) is 0 Å². The summed E-state index contributed by atoms with van der Waals surface area (Å²) >= 11 is 1.58. The zero-order valence-corrected chi connectivity index (χ0v) is 10.4. The predicted molar refractivity (Wildman–Crippen MR) is 66.3 cm³/mol. The van der Waals surface area contributed by atoms with Crippen molar-refractivity contribution < 1.29 is 4.79 Å². The monoisotopic (exact) mass is 241 g/mol. The van der Waals surface area contributed by atoms with Gasteiger partial charge < -0.3 is 11.1 Å². The minimum atomic E-state index is 0.107. The molecule has 0 aliphatic rings. The van der Waals surface area contributed by atoms with Crippen molar-refractivity contribution in [2.45, 2.75) is 26.2 Å². The Bertz CT molecular complexity index is 300. The molecule has 0 bridgehead atoms. The SMILES string of the molecule is CC(CN)CCC(=O)NCCc1cscn1. The van der Waals surface area contributed by atoms with E-state index in [0.29, 0.717) is 25.4 Å². The minimum Gasteiger partial charge on any atom is -0.356 e. The van der Waals surface area contributed by atoms with Gasteiger partial charge >= 0.3 is 0 Å². The normalized spacial score (nSPS) is 12.4. The first-order chi connectivity index (χ1) is 7.72. The van der Waals surface area contributed by atoms with Gasteiger partial charge in [-0.15, -0.1) is 11.3 Å². The molecule has 3 N–H and O–H groups in total. The number of nitrogens with one attached hydrogen (secondary N) is 1. The van der Waals surface area contributed by atoms with Crippen LogP contribution in [0.3, 0.4) is 0 Å². The Kier molecular flexibility index (Phi) is 6.03. The second kappa shape index (κ2) is 7.35. The third kappa shape index (κ3) is 5.23. The summed E-state index contributed by atoms with van der Waals surface area (Å²) in [5, 5.41) is 4.89. The van der Waals surface area contributed by atoms with Gasteiger partial charge in [-0.2, -0.15) is 0 Å². The summed E-state index contributed by atoms with van der Waals surface area (Å²) in [5.41, 5.74) is 8.33. The largest absolute Gasteiger partial charge is 0.356 e. The fourth-order valence-corrected chi connectivity index (χ4v) is 1.87. The minimum absolute atomic E-state index is 0.107. The molecule has 1 heterocycles. The lowest BCUT2D eigenvalue weighted by Gasteiger charge is -2.08. The molecule has 1 rings (SSSR count). The van der Waals surface area contributed by atoms with E-state index < -0.39 is 0 Å². The van der Waals surface area contributed by atoms with Gasteiger partial charge in [0.15, 0.2) is 0 Å². The first-order valence-electron chi connectivity index (χ1n) is 5.56. The molecule has 90 valence electrons. The van der Waals surface area contributed by atoms with Crippen LogP contribution in [0.1, 0.15) is 25.5 Å². The lowest BCUT2D eigenvalue weighted by atomic mass is 10.1. The number of thiazole rings is 1. The Morgan fingerprint density at radius 1 is 1.69 bits per heavy atom. The maximum absolute atomic E-state index is 11.4. The van der Waals surface area contributed by atoms with Gasteiger partial charge in [0.2, 0.25) is 5.91 Å². The zero-order valence-electron chi connectivity index (χ0n) is 9.61. The molecule has 0 aromatic carbocycles.